The van der Waals surface area contributed by atoms with Gasteiger partial charge in [0.2, 0.25) is 0 Å². The van der Waals surface area contributed by atoms with Crippen LogP contribution in [-0.4, -0.2) is 20.1 Å². The van der Waals surface area contributed by atoms with Gasteiger partial charge in [-0.1, -0.05) is 43.0 Å². The molecule has 0 heterocycles. The molecule has 1 N–H and O–H groups in total. The fourth-order valence-electron chi connectivity index (χ4n) is 3.64. The lowest BCUT2D eigenvalue weighted by Crippen LogP contribution is -2.31. The maximum Gasteiger partial charge on any atom is 0.292 e. The summed E-state index contributed by atoms with van der Waals surface area (Å²) in [4.78, 5) is 8.95. The number of hydrogen-bond donors (Lipinski definition) is 1. The van der Waals surface area contributed by atoms with Gasteiger partial charge in [0.05, 0.1) is 7.11 Å². The second kappa shape index (κ2) is 10.0. The highest BCUT2D eigenvalue weighted by atomic mass is 19.1. The number of benzene rings is 2. The van der Waals surface area contributed by atoms with E-state index in [1.807, 2.05) is 6.07 Å². The summed E-state index contributed by atoms with van der Waals surface area (Å²) in [5.74, 6) is 7.35. The number of rotatable bonds is 4. The molecule has 2 aliphatic rings. The van der Waals surface area contributed by atoms with Crippen molar-refractivity contribution < 1.29 is 13.9 Å². The van der Waals surface area contributed by atoms with Gasteiger partial charge in [-0.15, -0.1) is 0 Å². The van der Waals surface area contributed by atoms with E-state index in [9.17, 15) is 4.39 Å². The molecule has 0 amide bonds. The molecule has 3 unspecified atom stereocenters. The lowest BCUT2D eigenvalue weighted by atomic mass is 9.83. The van der Waals surface area contributed by atoms with Gasteiger partial charge in [-0.05, 0) is 66.1 Å². The van der Waals surface area contributed by atoms with E-state index >= 15 is 0 Å². The highest BCUT2D eigenvalue weighted by molar-refractivity contribution is 5.47. The molecule has 4 heteroatoms. The highest BCUT2D eigenvalue weighted by Crippen LogP contribution is 2.33. The highest BCUT2D eigenvalue weighted by Gasteiger charge is 2.25. The molecule has 0 bridgehead atoms. The summed E-state index contributed by atoms with van der Waals surface area (Å²) in [5, 5.41) is 3.72. The molecule has 0 aliphatic heterocycles. The minimum atomic E-state index is -0.245. The van der Waals surface area contributed by atoms with E-state index in [0.29, 0.717) is 29.9 Å². The standard InChI is InChI=1S/C23H22FN.C2H4O2/c1-16-5-9-20(16)15-25-23-12-10-19-13-18(8-11-22(19)23)7-6-17-3-2-4-21(24)14-17;1-4-2-3/h2-5,8-9,11,13-14,16,20,23,25H,10,12,15H2,1H3;2H,1H3. The van der Waals surface area contributed by atoms with Crippen molar-refractivity contribution in [2.75, 3.05) is 13.7 Å². The Kier molecular flexibility index (Phi) is 7.21. The second-order valence-corrected chi connectivity index (χ2v) is 7.41. The molecule has 4 rings (SSSR count). The zero-order chi connectivity index (χ0) is 20.6. The van der Waals surface area contributed by atoms with Gasteiger partial charge in [0.25, 0.3) is 6.47 Å². The Morgan fingerprint density at radius 3 is 2.55 bits per heavy atom. The molecule has 0 aromatic heterocycles. The minimum Gasteiger partial charge on any atom is -0.471 e. The van der Waals surface area contributed by atoms with Crippen LogP contribution in [0.1, 0.15) is 41.6 Å². The van der Waals surface area contributed by atoms with E-state index in [2.05, 4.69) is 59.2 Å². The topological polar surface area (TPSA) is 38.3 Å². The van der Waals surface area contributed by atoms with Gasteiger partial charge in [-0.2, -0.15) is 0 Å². The number of carbonyl (C=O) groups is 1. The number of halogens is 1. The Balaban J connectivity index is 0.000000552. The van der Waals surface area contributed by atoms with Gasteiger partial charge < -0.3 is 10.1 Å². The Hall–Kier alpha value is -2.90. The van der Waals surface area contributed by atoms with E-state index in [0.717, 1.165) is 24.9 Å². The quantitative estimate of drug-likeness (QED) is 0.477. The predicted molar refractivity (Wildman–Crippen MR) is 113 cm³/mol. The third-order valence-electron chi connectivity index (χ3n) is 5.43. The molecule has 0 saturated heterocycles. The molecule has 0 saturated carbocycles. The van der Waals surface area contributed by atoms with Gasteiger partial charge in [-0.25, -0.2) is 4.39 Å². The van der Waals surface area contributed by atoms with E-state index in [-0.39, 0.29) is 5.82 Å². The van der Waals surface area contributed by atoms with Crippen molar-refractivity contribution in [2.24, 2.45) is 11.8 Å². The zero-order valence-corrected chi connectivity index (χ0v) is 16.8. The molecule has 2 aliphatic carbocycles. The second-order valence-electron chi connectivity index (χ2n) is 7.41. The SMILES string of the molecule is CC1C=CC1CNC1CCc2cc(C#Cc3cccc(F)c3)ccc21.COC=O. The summed E-state index contributed by atoms with van der Waals surface area (Å²) >= 11 is 0. The Morgan fingerprint density at radius 2 is 1.93 bits per heavy atom. The summed E-state index contributed by atoms with van der Waals surface area (Å²) < 4.78 is 17.1. The van der Waals surface area contributed by atoms with Crippen LogP contribution in [0.2, 0.25) is 0 Å². The summed E-state index contributed by atoms with van der Waals surface area (Å²) in [6.07, 6.45) is 6.83. The average Bonchev–Trinajstić information content (AvgIpc) is 3.14. The molecule has 0 fully saturated rings. The summed E-state index contributed by atoms with van der Waals surface area (Å²) in [7, 11) is 1.31. The molecular formula is C25H26FNO2. The first-order valence-electron chi connectivity index (χ1n) is 9.89. The van der Waals surface area contributed by atoms with E-state index < -0.39 is 0 Å². The van der Waals surface area contributed by atoms with Crippen LogP contribution in [0.4, 0.5) is 4.39 Å². The van der Waals surface area contributed by atoms with Crippen LogP contribution in [0.5, 0.6) is 0 Å². The summed E-state index contributed by atoms with van der Waals surface area (Å²) in [6.45, 7) is 3.71. The fourth-order valence-corrected chi connectivity index (χ4v) is 3.64. The Bertz CT molecular complexity index is 941. The number of hydrogen-bond acceptors (Lipinski definition) is 3. The summed E-state index contributed by atoms with van der Waals surface area (Å²) in [6, 6.07) is 13.4. The molecule has 29 heavy (non-hydrogen) atoms. The molecule has 2 aromatic carbocycles. The maximum atomic E-state index is 13.2. The third kappa shape index (κ3) is 5.56. The summed E-state index contributed by atoms with van der Waals surface area (Å²) in [5.41, 5.74) is 4.51. The zero-order valence-electron chi connectivity index (χ0n) is 16.8. The van der Waals surface area contributed by atoms with E-state index in [1.54, 1.807) is 6.07 Å². The molecular weight excluding hydrogens is 365 g/mol. The van der Waals surface area contributed by atoms with Crippen LogP contribution in [0.25, 0.3) is 0 Å². The van der Waals surface area contributed by atoms with Crippen LogP contribution in [-0.2, 0) is 16.0 Å². The van der Waals surface area contributed by atoms with Gasteiger partial charge in [0.15, 0.2) is 0 Å². The molecule has 3 atom stereocenters. The number of aryl methyl sites for hydroxylation is 1. The number of allylic oxidation sites excluding steroid dienone is 1. The van der Waals surface area contributed by atoms with Crippen molar-refractivity contribution in [3.8, 4) is 11.8 Å². The van der Waals surface area contributed by atoms with Crippen LogP contribution >= 0.6 is 0 Å². The Morgan fingerprint density at radius 1 is 1.17 bits per heavy atom. The number of methoxy groups -OCH3 is 1. The monoisotopic (exact) mass is 391 g/mol. The van der Waals surface area contributed by atoms with Crippen LogP contribution in [0.15, 0.2) is 54.6 Å². The Labute approximate surface area is 172 Å². The fraction of sp³-hybridized carbons (Fsp3) is 0.320. The van der Waals surface area contributed by atoms with Crippen molar-refractivity contribution in [1.29, 1.82) is 0 Å². The minimum absolute atomic E-state index is 0.245. The first-order valence-corrected chi connectivity index (χ1v) is 9.89. The smallest absolute Gasteiger partial charge is 0.292 e. The van der Waals surface area contributed by atoms with Crippen LogP contribution < -0.4 is 5.32 Å². The first-order chi connectivity index (χ1) is 14.1. The normalized spacial score (nSPS) is 21.0. The van der Waals surface area contributed by atoms with E-state index in [4.69, 9.17) is 4.79 Å². The van der Waals surface area contributed by atoms with Gasteiger partial charge >= 0.3 is 0 Å². The first kappa shape index (κ1) is 20.8. The van der Waals surface area contributed by atoms with Crippen molar-refractivity contribution in [3.63, 3.8) is 0 Å². The van der Waals surface area contributed by atoms with Crippen molar-refractivity contribution in [2.45, 2.75) is 25.8 Å². The van der Waals surface area contributed by atoms with Gasteiger partial charge in [0, 0.05) is 23.7 Å². The lowest BCUT2D eigenvalue weighted by Gasteiger charge is -2.28. The number of ether oxygens (including phenoxy) is 1. The third-order valence-corrected chi connectivity index (χ3v) is 5.43. The maximum absolute atomic E-state index is 13.2. The number of carbonyl (C=O) groups excluding carboxylic acids is 1. The van der Waals surface area contributed by atoms with Gasteiger partial charge in [-0.3, -0.25) is 4.79 Å². The van der Waals surface area contributed by atoms with Gasteiger partial charge in [0.1, 0.15) is 5.82 Å². The van der Waals surface area contributed by atoms with Crippen LogP contribution in [0, 0.1) is 29.5 Å². The van der Waals surface area contributed by atoms with Crippen molar-refractivity contribution >= 4 is 6.47 Å². The molecule has 0 radical (unpaired) electrons. The lowest BCUT2D eigenvalue weighted by molar-refractivity contribution is -0.126. The number of fused-ring (bicyclic) bond motifs is 1. The predicted octanol–water partition coefficient (Wildman–Crippen LogP) is 4.41. The van der Waals surface area contributed by atoms with Crippen LogP contribution in [0.3, 0.4) is 0 Å². The molecule has 150 valence electrons. The molecule has 0 spiro atoms. The molecule has 3 nitrogen and oxygen atoms in total. The largest absolute Gasteiger partial charge is 0.471 e. The molecule has 2 aromatic rings. The number of nitrogens with one attached hydrogen (secondary N) is 1. The average molecular weight is 391 g/mol. The van der Waals surface area contributed by atoms with Crippen molar-refractivity contribution in [1.82, 2.24) is 5.32 Å². The van der Waals surface area contributed by atoms with E-state index in [1.165, 1.54) is 30.4 Å². The van der Waals surface area contributed by atoms with Crippen molar-refractivity contribution in [3.05, 3.63) is 82.7 Å².